The lowest BCUT2D eigenvalue weighted by Crippen LogP contribution is -2.16. The molecule has 0 saturated heterocycles. The van der Waals surface area contributed by atoms with Crippen LogP contribution in [0.3, 0.4) is 0 Å². The first-order valence-corrected chi connectivity index (χ1v) is 5.71. The maximum Gasteiger partial charge on any atom is 0.00105 e. The molecule has 13 heavy (non-hydrogen) atoms. The van der Waals surface area contributed by atoms with Crippen molar-refractivity contribution in [2.75, 3.05) is 0 Å². The number of hydrogen-bond acceptors (Lipinski definition) is 1. The van der Waals surface area contributed by atoms with Crippen molar-refractivity contribution in [3.63, 3.8) is 0 Å². The Morgan fingerprint density at radius 3 is 1.54 bits per heavy atom. The first-order chi connectivity index (χ1) is 5.95. The molecule has 0 rings (SSSR count). The standard InChI is InChI=1S/C9H21N.C3H8/c1-7(2)8(3)5-6-9(4)10;1-3-2/h7-9H,5-6,10H2,1-4H3;3H2,1-2H3. The minimum Gasteiger partial charge on any atom is -0.328 e. The van der Waals surface area contributed by atoms with Crippen LogP contribution in [0.15, 0.2) is 0 Å². The summed E-state index contributed by atoms with van der Waals surface area (Å²) in [7, 11) is 0. The Morgan fingerprint density at radius 2 is 1.31 bits per heavy atom. The summed E-state index contributed by atoms with van der Waals surface area (Å²) in [6.45, 7) is 13.2. The monoisotopic (exact) mass is 187 g/mol. The van der Waals surface area contributed by atoms with Gasteiger partial charge in [-0.1, -0.05) is 41.0 Å². The molecule has 0 spiro atoms. The molecule has 0 aliphatic heterocycles. The lowest BCUT2D eigenvalue weighted by molar-refractivity contribution is 0.371. The Bertz CT molecular complexity index is 87.1. The fourth-order valence-electron chi connectivity index (χ4n) is 0.859. The van der Waals surface area contributed by atoms with Crippen LogP contribution in [0.25, 0.3) is 0 Å². The number of rotatable bonds is 4. The van der Waals surface area contributed by atoms with Crippen molar-refractivity contribution in [2.45, 2.75) is 66.8 Å². The van der Waals surface area contributed by atoms with E-state index >= 15 is 0 Å². The molecular weight excluding hydrogens is 158 g/mol. The van der Waals surface area contributed by atoms with E-state index in [1.165, 1.54) is 19.3 Å². The summed E-state index contributed by atoms with van der Waals surface area (Å²) in [6, 6.07) is 0.376. The highest BCUT2D eigenvalue weighted by atomic mass is 14.6. The van der Waals surface area contributed by atoms with Crippen LogP contribution in [0, 0.1) is 11.8 Å². The molecule has 1 nitrogen and oxygen atoms in total. The average molecular weight is 187 g/mol. The van der Waals surface area contributed by atoms with Gasteiger partial charge in [-0.3, -0.25) is 0 Å². The second-order valence-electron chi connectivity index (χ2n) is 4.48. The van der Waals surface area contributed by atoms with E-state index < -0.39 is 0 Å². The number of hydrogen-bond donors (Lipinski definition) is 1. The van der Waals surface area contributed by atoms with Crippen LogP contribution in [-0.2, 0) is 0 Å². The molecule has 0 heterocycles. The summed E-state index contributed by atoms with van der Waals surface area (Å²) < 4.78 is 0. The van der Waals surface area contributed by atoms with Gasteiger partial charge in [0, 0.05) is 6.04 Å². The quantitative estimate of drug-likeness (QED) is 0.711. The van der Waals surface area contributed by atoms with Crippen LogP contribution >= 0.6 is 0 Å². The highest BCUT2D eigenvalue weighted by Crippen LogP contribution is 2.16. The first-order valence-electron chi connectivity index (χ1n) is 5.71. The van der Waals surface area contributed by atoms with E-state index in [0.29, 0.717) is 6.04 Å². The largest absolute Gasteiger partial charge is 0.328 e. The topological polar surface area (TPSA) is 26.0 Å². The van der Waals surface area contributed by atoms with Crippen molar-refractivity contribution >= 4 is 0 Å². The van der Waals surface area contributed by atoms with Crippen molar-refractivity contribution in [1.29, 1.82) is 0 Å². The lowest BCUT2D eigenvalue weighted by Gasteiger charge is -2.15. The van der Waals surface area contributed by atoms with Crippen LogP contribution in [0.2, 0.25) is 0 Å². The van der Waals surface area contributed by atoms with Gasteiger partial charge in [0.15, 0.2) is 0 Å². The molecule has 0 bridgehead atoms. The molecule has 0 aromatic heterocycles. The summed E-state index contributed by atoms with van der Waals surface area (Å²) in [6.07, 6.45) is 3.69. The van der Waals surface area contributed by atoms with Gasteiger partial charge in [-0.05, 0) is 31.6 Å². The van der Waals surface area contributed by atoms with Crippen LogP contribution < -0.4 is 5.73 Å². The highest BCUT2D eigenvalue weighted by Gasteiger charge is 2.06. The van der Waals surface area contributed by atoms with Gasteiger partial charge >= 0.3 is 0 Å². The molecule has 0 radical (unpaired) electrons. The minimum atomic E-state index is 0.376. The van der Waals surface area contributed by atoms with E-state index in [1.54, 1.807) is 0 Å². The number of nitrogens with two attached hydrogens (primary N) is 1. The zero-order valence-corrected chi connectivity index (χ0v) is 10.4. The molecule has 0 aliphatic rings. The van der Waals surface area contributed by atoms with Crippen molar-refractivity contribution in [2.24, 2.45) is 17.6 Å². The molecule has 2 N–H and O–H groups in total. The van der Waals surface area contributed by atoms with Gasteiger partial charge in [0.2, 0.25) is 0 Å². The molecule has 0 fully saturated rings. The average Bonchev–Trinajstić information content (AvgIpc) is 2.01. The van der Waals surface area contributed by atoms with Gasteiger partial charge in [-0.2, -0.15) is 0 Å². The summed E-state index contributed by atoms with van der Waals surface area (Å²) >= 11 is 0. The van der Waals surface area contributed by atoms with Crippen LogP contribution in [0.4, 0.5) is 0 Å². The van der Waals surface area contributed by atoms with Crippen LogP contribution in [0.1, 0.15) is 60.8 Å². The fourth-order valence-corrected chi connectivity index (χ4v) is 0.859. The fraction of sp³-hybridized carbons (Fsp3) is 1.00. The molecule has 1 heteroatoms. The van der Waals surface area contributed by atoms with E-state index in [0.717, 1.165) is 11.8 Å². The molecule has 0 aliphatic carbocycles. The second kappa shape index (κ2) is 10.0. The summed E-state index contributed by atoms with van der Waals surface area (Å²) in [5.74, 6) is 1.63. The molecule has 2 unspecified atom stereocenters. The smallest absolute Gasteiger partial charge is 0.00105 e. The van der Waals surface area contributed by atoms with Crippen molar-refractivity contribution in [3.05, 3.63) is 0 Å². The molecule has 0 aromatic carbocycles. The van der Waals surface area contributed by atoms with Crippen molar-refractivity contribution in [3.8, 4) is 0 Å². The third-order valence-corrected chi connectivity index (χ3v) is 2.22. The predicted octanol–water partition coefficient (Wildman–Crippen LogP) is 3.82. The maximum absolute atomic E-state index is 5.64. The van der Waals surface area contributed by atoms with E-state index in [-0.39, 0.29) is 0 Å². The summed E-state index contributed by atoms with van der Waals surface area (Å²) in [5, 5.41) is 0. The zero-order chi connectivity index (χ0) is 10.9. The normalized spacial score (nSPS) is 14.8. The Labute approximate surface area is 85.1 Å². The van der Waals surface area contributed by atoms with Crippen molar-refractivity contribution in [1.82, 2.24) is 0 Å². The molecule has 0 amide bonds. The zero-order valence-electron chi connectivity index (χ0n) is 10.4. The highest BCUT2D eigenvalue weighted by molar-refractivity contribution is 4.61. The van der Waals surface area contributed by atoms with E-state index in [1.807, 2.05) is 0 Å². The third kappa shape index (κ3) is 14.8. The lowest BCUT2D eigenvalue weighted by atomic mass is 9.92. The Kier molecular flexibility index (Phi) is 11.9. The molecular formula is C12H29N. The van der Waals surface area contributed by atoms with Gasteiger partial charge in [-0.25, -0.2) is 0 Å². The van der Waals surface area contributed by atoms with Gasteiger partial charge in [0.1, 0.15) is 0 Å². The maximum atomic E-state index is 5.64. The molecule has 82 valence electrons. The van der Waals surface area contributed by atoms with Crippen LogP contribution in [-0.4, -0.2) is 6.04 Å². The molecule has 0 saturated carbocycles. The van der Waals surface area contributed by atoms with Gasteiger partial charge < -0.3 is 5.73 Å². The van der Waals surface area contributed by atoms with Gasteiger partial charge in [0.25, 0.3) is 0 Å². The summed E-state index contributed by atoms with van der Waals surface area (Å²) in [5.41, 5.74) is 5.64. The predicted molar refractivity (Wildman–Crippen MR) is 62.9 cm³/mol. The second-order valence-corrected chi connectivity index (χ2v) is 4.48. The SMILES string of the molecule is CC(N)CCC(C)C(C)C.CCC. The van der Waals surface area contributed by atoms with E-state index in [2.05, 4.69) is 41.5 Å². The minimum absolute atomic E-state index is 0.376. The summed E-state index contributed by atoms with van der Waals surface area (Å²) in [4.78, 5) is 0. The van der Waals surface area contributed by atoms with E-state index in [9.17, 15) is 0 Å². The Hall–Kier alpha value is -0.0400. The first kappa shape index (κ1) is 15.4. The molecule has 2 atom stereocenters. The van der Waals surface area contributed by atoms with Crippen LogP contribution in [0.5, 0.6) is 0 Å². The van der Waals surface area contributed by atoms with Crippen molar-refractivity contribution < 1.29 is 0 Å². The van der Waals surface area contributed by atoms with E-state index in [4.69, 9.17) is 5.73 Å². The van der Waals surface area contributed by atoms with Gasteiger partial charge in [0.05, 0.1) is 0 Å². The third-order valence-electron chi connectivity index (χ3n) is 2.22. The van der Waals surface area contributed by atoms with Gasteiger partial charge in [-0.15, -0.1) is 0 Å². The molecule has 0 aromatic rings. The Balaban J connectivity index is 0. The Morgan fingerprint density at radius 1 is 0.923 bits per heavy atom.